The van der Waals surface area contributed by atoms with Crippen LogP contribution in [0.2, 0.25) is 0 Å². The first-order valence-electron chi connectivity index (χ1n) is 3.11. The molecule has 0 amide bonds. The Morgan fingerprint density at radius 1 is 1.40 bits per heavy atom. The average molecular weight is 264 g/mol. The molecule has 0 unspecified atom stereocenters. The second-order valence-corrected chi connectivity index (χ2v) is 5.04. The van der Waals surface area contributed by atoms with E-state index in [1.54, 1.807) is 0 Å². The van der Waals surface area contributed by atoms with E-state index >= 15 is 0 Å². The minimum atomic E-state index is -4.00. The van der Waals surface area contributed by atoms with Crippen molar-refractivity contribution in [3.05, 3.63) is 0 Å². The number of alkyl halides is 4. The van der Waals surface area contributed by atoms with Crippen LogP contribution < -0.4 is 0 Å². The molecule has 0 spiro atoms. The van der Waals surface area contributed by atoms with Crippen LogP contribution in [0.15, 0.2) is 0 Å². The van der Waals surface area contributed by atoms with Gasteiger partial charge in [0.2, 0.25) is 0 Å². The SMILES string of the molecule is CC1CC(I)(C(F)(F)F)C1. The van der Waals surface area contributed by atoms with Gasteiger partial charge in [0.05, 0.1) is 0 Å². The van der Waals surface area contributed by atoms with Gasteiger partial charge in [-0.1, -0.05) is 29.5 Å². The lowest BCUT2D eigenvalue weighted by atomic mass is 9.75. The third-order valence-electron chi connectivity index (χ3n) is 1.85. The van der Waals surface area contributed by atoms with E-state index in [1.807, 2.05) is 6.92 Å². The molecular formula is C6H8F3I. The zero-order valence-electron chi connectivity index (χ0n) is 5.50. The van der Waals surface area contributed by atoms with Gasteiger partial charge in [0.15, 0.2) is 0 Å². The van der Waals surface area contributed by atoms with Gasteiger partial charge in [0.1, 0.15) is 3.42 Å². The van der Waals surface area contributed by atoms with Crippen molar-refractivity contribution in [2.45, 2.75) is 29.4 Å². The minimum Gasteiger partial charge on any atom is -0.170 e. The van der Waals surface area contributed by atoms with E-state index in [9.17, 15) is 13.2 Å². The maximum absolute atomic E-state index is 12.1. The number of rotatable bonds is 0. The molecular weight excluding hydrogens is 256 g/mol. The molecule has 0 N–H and O–H groups in total. The van der Waals surface area contributed by atoms with Crippen LogP contribution in [0.25, 0.3) is 0 Å². The lowest BCUT2D eigenvalue weighted by Gasteiger charge is -2.42. The smallest absolute Gasteiger partial charge is 0.170 e. The summed E-state index contributed by atoms with van der Waals surface area (Å²) < 4.78 is 34.8. The van der Waals surface area contributed by atoms with Crippen molar-refractivity contribution < 1.29 is 13.2 Å². The summed E-state index contributed by atoms with van der Waals surface area (Å²) in [6.07, 6.45) is -3.42. The zero-order valence-corrected chi connectivity index (χ0v) is 7.66. The van der Waals surface area contributed by atoms with E-state index in [0.717, 1.165) is 0 Å². The van der Waals surface area contributed by atoms with Gasteiger partial charge < -0.3 is 0 Å². The van der Waals surface area contributed by atoms with E-state index in [1.165, 1.54) is 22.6 Å². The van der Waals surface area contributed by atoms with Crippen molar-refractivity contribution in [1.29, 1.82) is 0 Å². The summed E-state index contributed by atoms with van der Waals surface area (Å²) in [6, 6.07) is 0. The highest BCUT2D eigenvalue weighted by molar-refractivity contribution is 14.1. The van der Waals surface area contributed by atoms with Gasteiger partial charge in [-0.2, -0.15) is 13.2 Å². The van der Waals surface area contributed by atoms with Crippen LogP contribution >= 0.6 is 22.6 Å². The summed E-state index contributed by atoms with van der Waals surface area (Å²) in [7, 11) is 0. The van der Waals surface area contributed by atoms with Crippen molar-refractivity contribution in [2.75, 3.05) is 0 Å². The maximum atomic E-state index is 12.1. The Kier molecular flexibility index (Phi) is 1.94. The molecule has 0 aliphatic heterocycles. The lowest BCUT2D eigenvalue weighted by molar-refractivity contribution is -0.178. The van der Waals surface area contributed by atoms with Crippen molar-refractivity contribution in [3.63, 3.8) is 0 Å². The fraction of sp³-hybridized carbons (Fsp3) is 1.00. The molecule has 0 aromatic rings. The van der Waals surface area contributed by atoms with Crippen LogP contribution in [-0.4, -0.2) is 9.60 Å². The van der Waals surface area contributed by atoms with E-state index in [0.29, 0.717) is 0 Å². The van der Waals surface area contributed by atoms with E-state index < -0.39 is 9.60 Å². The van der Waals surface area contributed by atoms with Crippen LogP contribution in [0.4, 0.5) is 13.2 Å². The Balaban J connectivity index is 2.57. The van der Waals surface area contributed by atoms with Crippen molar-refractivity contribution in [1.82, 2.24) is 0 Å². The second-order valence-electron chi connectivity index (χ2n) is 2.98. The highest BCUT2D eigenvalue weighted by Crippen LogP contribution is 2.54. The standard InChI is InChI=1S/C6H8F3I/c1-4-2-5(10,3-4)6(7,8)9/h4H,2-3H2,1H3. The molecule has 60 valence electrons. The Bertz CT molecular complexity index is 134. The summed E-state index contributed by atoms with van der Waals surface area (Å²) in [5, 5.41) is 0. The molecule has 0 aromatic carbocycles. The highest BCUT2D eigenvalue weighted by Gasteiger charge is 2.59. The molecule has 1 rings (SSSR count). The molecule has 4 heteroatoms. The molecule has 0 radical (unpaired) electrons. The summed E-state index contributed by atoms with van der Waals surface area (Å²) in [6.45, 7) is 1.85. The van der Waals surface area contributed by atoms with Gasteiger partial charge in [-0.3, -0.25) is 0 Å². The molecule has 0 atom stereocenters. The zero-order chi connectivity index (χ0) is 7.99. The normalized spacial score (nSPS) is 41.1. The van der Waals surface area contributed by atoms with Crippen LogP contribution in [0.1, 0.15) is 19.8 Å². The van der Waals surface area contributed by atoms with Crippen molar-refractivity contribution in [3.8, 4) is 0 Å². The number of hydrogen-bond donors (Lipinski definition) is 0. The van der Waals surface area contributed by atoms with Crippen LogP contribution in [-0.2, 0) is 0 Å². The Labute approximate surface area is 71.3 Å². The molecule has 0 nitrogen and oxygen atoms in total. The van der Waals surface area contributed by atoms with Gasteiger partial charge in [-0.25, -0.2) is 0 Å². The fourth-order valence-corrected chi connectivity index (χ4v) is 2.78. The molecule has 0 saturated heterocycles. The first-order valence-corrected chi connectivity index (χ1v) is 4.19. The van der Waals surface area contributed by atoms with E-state index in [4.69, 9.17) is 0 Å². The monoisotopic (exact) mass is 264 g/mol. The Morgan fingerprint density at radius 3 is 1.90 bits per heavy atom. The van der Waals surface area contributed by atoms with Crippen LogP contribution in [0.3, 0.4) is 0 Å². The molecule has 1 aliphatic carbocycles. The quantitative estimate of drug-likeness (QED) is 0.465. The predicted octanol–water partition coefficient (Wildman–Crippen LogP) is 3.15. The van der Waals surface area contributed by atoms with Crippen molar-refractivity contribution in [2.24, 2.45) is 5.92 Å². The predicted molar refractivity (Wildman–Crippen MR) is 41.2 cm³/mol. The second kappa shape index (κ2) is 2.25. The van der Waals surface area contributed by atoms with Crippen LogP contribution in [0.5, 0.6) is 0 Å². The maximum Gasteiger partial charge on any atom is 0.403 e. The molecule has 1 fully saturated rings. The minimum absolute atomic E-state index is 0.249. The first kappa shape index (κ1) is 8.62. The Hall–Kier alpha value is 0.520. The summed E-state index contributed by atoms with van der Waals surface area (Å²) in [4.78, 5) is 0. The number of hydrogen-bond acceptors (Lipinski definition) is 0. The summed E-state index contributed by atoms with van der Waals surface area (Å²) in [5.74, 6) is 0.249. The largest absolute Gasteiger partial charge is 0.403 e. The highest BCUT2D eigenvalue weighted by atomic mass is 127. The number of halogens is 4. The van der Waals surface area contributed by atoms with Gasteiger partial charge in [-0.05, 0) is 18.8 Å². The first-order chi connectivity index (χ1) is 4.35. The van der Waals surface area contributed by atoms with E-state index in [2.05, 4.69) is 0 Å². The van der Waals surface area contributed by atoms with E-state index in [-0.39, 0.29) is 18.8 Å². The molecule has 1 aliphatic rings. The van der Waals surface area contributed by atoms with Gasteiger partial charge >= 0.3 is 6.18 Å². The van der Waals surface area contributed by atoms with Gasteiger partial charge in [-0.15, -0.1) is 0 Å². The topological polar surface area (TPSA) is 0 Å². The molecule has 1 saturated carbocycles. The van der Waals surface area contributed by atoms with Gasteiger partial charge in [0, 0.05) is 0 Å². The Morgan fingerprint density at radius 2 is 1.80 bits per heavy atom. The molecule has 0 aromatic heterocycles. The molecule has 0 heterocycles. The van der Waals surface area contributed by atoms with Gasteiger partial charge in [0.25, 0.3) is 0 Å². The van der Waals surface area contributed by atoms with Crippen LogP contribution in [0, 0.1) is 5.92 Å². The lowest BCUT2D eigenvalue weighted by Crippen LogP contribution is -2.49. The summed E-state index contributed by atoms with van der Waals surface area (Å²) >= 11 is 1.52. The molecule has 10 heavy (non-hydrogen) atoms. The third-order valence-corrected chi connectivity index (χ3v) is 3.34. The molecule has 0 bridgehead atoms. The average Bonchev–Trinajstić information content (AvgIpc) is 1.58. The third kappa shape index (κ3) is 1.26. The van der Waals surface area contributed by atoms with Crippen molar-refractivity contribution >= 4 is 22.6 Å². The fourth-order valence-electron chi connectivity index (χ4n) is 1.28. The summed E-state index contributed by atoms with van der Waals surface area (Å²) in [5.41, 5.74) is 0.